The predicted molar refractivity (Wildman–Crippen MR) is 70.2 cm³/mol. The van der Waals surface area contributed by atoms with Gasteiger partial charge in [0.2, 0.25) is 0 Å². The number of ether oxygens (including phenoxy) is 2. The summed E-state index contributed by atoms with van der Waals surface area (Å²) >= 11 is 0. The van der Waals surface area contributed by atoms with Crippen molar-refractivity contribution < 1.29 is 18.5 Å². The van der Waals surface area contributed by atoms with Gasteiger partial charge >= 0.3 is 0 Å². The Balaban J connectivity index is 1.78. The second-order valence-corrected chi connectivity index (χ2v) is 6.93. The van der Waals surface area contributed by atoms with Crippen molar-refractivity contribution in [3.05, 3.63) is 0 Å². The lowest BCUT2D eigenvalue weighted by atomic mass is 10.3. The van der Waals surface area contributed by atoms with E-state index in [9.17, 15) is 0 Å². The number of rotatable bonds is 4. The van der Waals surface area contributed by atoms with E-state index in [1.807, 2.05) is 13.8 Å². The van der Waals surface area contributed by atoms with Crippen LogP contribution in [0.4, 0.5) is 0 Å². The maximum Gasteiger partial charge on any atom is 0.259 e. The van der Waals surface area contributed by atoms with Crippen molar-refractivity contribution >= 4 is 8.53 Å². The van der Waals surface area contributed by atoms with Crippen LogP contribution in [0.3, 0.4) is 0 Å². The maximum absolute atomic E-state index is 5.90. The summed E-state index contributed by atoms with van der Waals surface area (Å²) in [5.41, 5.74) is 0. The molecule has 2 aliphatic rings. The minimum Gasteiger partial charge on any atom is -0.348 e. The van der Waals surface area contributed by atoms with Crippen molar-refractivity contribution in [2.75, 3.05) is 26.4 Å². The predicted octanol–water partition coefficient (Wildman–Crippen LogP) is 2.51. The normalized spacial score (nSPS) is 33.2. The third-order valence-electron chi connectivity index (χ3n) is 2.98. The van der Waals surface area contributed by atoms with E-state index in [0.717, 1.165) is 19.6 Å². The van der Waals surface area contributed by atoms with Gasteiger partial charge < -0.3 is 18.5 Å². The van der Waals surface area contributed by atoms with E-state index in [1.54, 1.807) is 0 Å². The molecule has 0 aromatic rings. The van der Waals surface area contributed by atoms with Gasteiger partial charge in [-0.15, -0.1) is 0 Å². The molecule has 0 bridgehead atoms. The summed E-state index contributed by atoms with van der Waals surface area (Å²) in [7, 11) is -0.924. The first-order chi connectivity index (χ1) is 8.48. The quantitative estimate of drug-likeness (QED) is 0.738. The van der Waals surface area contributed by atoms with Crippen LogP contribution in [0.2, 0.25) is 0 Å². The standard InChI is InChI=1S/C12H24NO4P/c1-10(2)13-6-5-7-15-18(13)16-9-11-8-14-12(3,4)17-11/h10-11H,5-9H2,1-4H3. The highest BCUT2D eigenvalue weighted by Crippen LogP contribution is 2.47. The van der Waals surface area contributed by atoms with E-state index >= 15 is 0 Å². The molecule has 2 unspecified atom stereocenters. The van der Waals surface area contributed by atoms with Gasteiger partial charge in [0.1, 0.15) is 6.10 Å². The lowest BCUT2D eigenvalue weighted by Crippen LogP contribution is -2.33. The largest absolute Gasteiger partial charge is 0.348 e. The minimum absolute atomic E-state index is 0.0158. The summed E-state index contributed by atoms with van der Waals surface area (Å²) in [6, 6.07) is 0.452. The van der Waals surface area contributed by atoms with Gasteiger partial charge in [0.15, 0.2) is 5.79 Å². The average Bonchev–Trinajstić information content (AvgIpc) is 2.66. The van der Waals surface area contributed by atoms with Crippen molar-refractivity contribution in [3.63, 3.8) is 0 Å². The van der Waals surface area contributed by atoms with Gasteiger partial charge in [0, 0.05) is 12.6 Å². The van der Waals surface area contributed by atoms with Crippen molar-refractivity contribution in [2.45, 2.75) is 52.0 Å². The van der Waals surface area contributed by atoms with Crippen molar-refractivity contribution in [3.8, 4) is 0 Å². The molecule has 18 heavy (non-hydrogen) atoms. The zero-order valence-corrected chi connectivity index (χ0v) is 12.6. The molecule has 0 spiro atoms. The molecule has 2 atom stereocenters. The molecular weight excluding hydrogens is 253 g/mol. The Hall–Kier alpha value is 0.230. The highest BCUT2D eigenvalue weighted by Gasteiger charge is 2.35. The Morgan fingerprint density at radius 2 is 2.22 bits per heavy atom. The first-order valence-corrected chi connectivity index (χ1v) is 7.75. The molecule has 0 N–H and O–H groups in total. The molecule has 2 fully saturated rings. The molecule has 6 heteroatoms. The van der Waals surface area contributed by atoms with Crippen LogP contribution in [0.25, 0.3) is 0 Å². The fourth-order valence-electron chi connectivity index (χ4n) is 2.08. The minimum atomic E-state index is -0.924. The number of nitrogens with zero attached hydrogens (tertiary/aromatic N) is 1. The summed E-state index contributed by atoms with van der Waals surface area (Å²) < 4.78 is 25.2. The van der Waals surface area contributed by atoms with Gasteiger partial charge in [-0.2, -0.15) is 0 Å². The van der Waals surface area contributed by atoms with E-state index in [2.05, 4.69) is 18.5 Å². The third kappa shape index (κ3) is 3.86. The molecule has 0 radical (unpaired) electrons. The van der Waals surface area contributed by atoms with Gasteiger partial charge in [-0.25, -0.2) is 4.67 Å². The monoisotopic (exact) mass is 277 g/mol. The van der Waals surface area contributed by atoms with Crippen molar-refractivity contribution in [1.29, 1.82) is 0 Å². The Bertz CT molecular complexity index is 275. The van der Waals surface area contributed by atoms with Crippen LogP contribution in [0.1, 0.15) is 34.1 Å². The van der Waals surface area contributed by atoms with Crippen molar-refractivity contribution in [1.82, 2.24) is 4.67 Å². The van der Waals surface area contributed by atoms with Gasteiger partial charge in [-0.3, -0.25) is 0 Å². The summed E-state index contributed by atoms with van der Waals surface area (Å²) in [4.78, 5) is 0. The third-order valence-corrected chi connectivity index (χ3v) is 4.83. The summed E-state index contributed by atoms with van der Waals surface area (Å²) in [6.07, 6.45) is 1.10. The first-order valence-electron chi connectivity index (χ1n) is 6.62. The van der Waals surface area contributed by atoms with Crippen LogP contribution < -0.4 is 0 Å². The van der Waals surface area contributed by atoms with Gasteiger partial charge in [0.05, 0.1) is 19.8 Å². The number of hydrogen-bond donors (Lipinski definition) is 0. The van der Waals surface area contributed by atoms with E-state index < -0.39 is 14.3 Å². The molecule has 2 saturated heterocycles. The second-order valence-electron chi connectivity index (χ2n) is 5.43. The van der Waals surface area contributed by atoms with Crippen LogP contribution in [-0.4, -0.2) is 49.0 Å². The lowest BCUT2D eigenvalue weighted by molar-refractivity contribution is -0.141. The van der Waals surface area contributed by atoms with Gasteiger partial charge in [-0.05, 0) is 34.1 Å². The van der Waals surface area contributed by atoms with Crippen LogP contribution >= 0.6 is 8.53 Å². The van der Waals surface area contributed by atoms with Crippen LogP contribution in [0.5, 0.6) is 0 Å². The summed E-state index contributed by atoms with van der Waals surface area (Å²) in [5.74, 6) is -0.480. The number of hydrogen-bond acceptors (Lipinski definition) is 5. The summed E-state index contributed by atoms with van der Waals surface area (Å²) in [6.45, 7) is 11.2. The van der Waals surface area contributed by atoms with E-state index in [4.69, 9.17) is 18.5 Å². The Labute approximate surface area is 111 Å². The Kier molecular flexibility index (Phi) is 4.98. The molecule has 2 aliphatic heterocycles. The fourth-order valence-corrected chi connectivity index (χ4v) is 3.71. The van der Waals surface area contributed by atoms with Crippen LogP contribution in [0.15, 0.2) is 0 Å². The van der Waals surface area contributed by atoms with Crippen LogP contribution in [0, 0.1) is 0 Å². The molecule has 0 aromatic heterocycles. The summed E-state index contributed by atoms with van der Waals surface area (Å²) in [5, 5.41) is 0. The van der Waals surface area contributed by atoms with E-state index in [-0.39, 0.29) is 6.10 Å². The lowest BCUT2D eigenvalue weighted by Gasteiger charge is -2.36. The Morgan fingerprint density at radius 3 is 2.83 bits per heavy atom. The maximum atomic E-state index is 5.90. The van der Waals surface area contributed by atoms with Gasteiger partial charge in [-0.1, -0.05) is 0 Å². The topological polar surface area (TPSA) is 40.2 Å². The zero-order chi connectivity index (χ0) is 13.2. The molecule has 0 aromatic carbocycles. The molecule has 2 rings (SSSR count). The van der Waals surface area contributed by atoms with Crippen LogP contribution in [-0.2, 0) is 18.5 Å². The fraction of sp³-hybridized carbons (Fsp3) is 1.00. The molecule has 106 valence electrons. The SMILES string of the molecule is CC(C)N1CCCOP1OCC1COC(C)(C)O1. The molecule has 5 nitrogen and oxygen atoms in total. The molecule has 0 saturated carbocycles. The zero-order valence-electron chi connectivity index (χ0n) is 11.7. The van der Waals surface area contributed by atoms with Gasteiger partial charge in [0.25, 0.3) is 8.53 Å². The average molecular weight is 277 g/mol. The Morgan fingerprint density at radius 1 is 1.44 bits per heavy atom. The second kappa shape index (κ2) is 6.12. The molecular formula is C12H24NO4P. The van der Waals surface area contributed by atoms with Crippen molar-refractivity contribution in [2.24, 2.45) is 0 Å². The van der Waals surface area contributed by atoms with E-state index in [0.29, 0.717) is 19.3 Å². The highest BCUT2D eigenvalue weighted by atomic mass is 31.2. The molecule has 0 amide bonds. The highest BCUT2D eigenvalue weighted by molar-refractivity contribution is 7.44. The molecule has 0 aliphatic carbocycles. The van der Waals surface area contributed by atoms with E-state index in [1.165, 1.54) is 0 Å². The molecule has 2 heterocycles. The smallest absolute Gasteiger partial charge is 0.259 e. The first kappa shape index (κ1) is 14.6.